The first-order valence-electron chi connectivity index (χ1n) is 20.1. The Morgan fingerprint density at radius 2 is 0.949 bits per heavy atom. The van der Waals surface area contributed by atoms with Gasteiger partial charge in [0, 0.05) is 21.6 Å². The van der Waals surface area contributed by atoms with Gasteiger partial charge in [0.2, 0.25) is 0 Å². The Balaban J connectivity index is 1.09. The van der Waals surface area contributed by atoms with Crippen molar-refractivity contribution in [1.82, 2.24) is 9.97 Å². The smallest absolute Gasteiger partial charge is 0.151 e. The molecule has 1 unspecified atom stereocenters. The molecule has 3 aliphatic carbocycles. The number of hydrogen-bond acceptors (Lipinski definition) is 5. The molecule has 0 amide bonds. The van der Waals surface area contributed by atoms with Crippen LogP contribution in [0.3, 0.4) is 0 Å². The van der Waals surface area contributed by atoms with Gasteiger partial charge in [-0.25, -0.2) is 0 Å². The van der Waals surface area contributed by atoms with Crippen LogP contribution in [0.25, 0.3) is 33.6 Å². The molecular weight excluding hydrogens is 739 g/mol. The minimum atomic E-state index is -0.685. The maximum Gasteiger partial charge on any atom is 0.151 e. The molecule has 9 aromatic rings. The summed E-state index contributed by atoms with van der Waals surface area (Å²) >= 11 is 1.89. The predicted molar refractivity (Wildman–Crippen MR) is 235 cm³/mol. The van der Waals surface area contributed by atoms with E-state index in [9.17, 15) is 0 Å². The molecule has 0 radical (unpaired) electrons. The van der Waals surface area contributed by atoms with Crippen molar-refractivity contribution in [2.45, 2.75) is 20.6 Å². The van der Waals surface area contributed by atoms with Gasteiger partial charge in [-0.2, -0.15) is 0 Å². The number of fused-ring (bicyclic) bond motifs is 21. The van der Waals surface area contributed by atoms with Crippen LogP contribution in [-0.4, -0.2) is 9.97 Å². The molecule has 274 valence electrons. The number of ether oxygens (including phenoxy) is 1. The number of anilines is 3. The van der Waals surface area contributed by atoms with Crippen molar-refractivity contribution in [3.63, 3.8) is 0 Å². The van der Waals surface area contributed by atoms with Crippen molar-refractivity contribution in [2.24, 2.45) is 0 Å². The summed E-state index contributed by atoms with van der Waals surface area (Å²) in [6, 6.07) is 64.6. The van der Waals surface area contributed by atoms with Crippen molar-refractivity contribution in [3.8, 4) is 45.1 Å². The molecule has 5 aliphatic rings. The van der Waals surface area contributed by atoms with E-state index in [4.69, 9.17) is 14.7 Å². The number of nitrogens with zero attached hydrogens (tertiary/aromatic N) is 3. The molecule has 4 heterocycles. The third kappa shape index (κ3) is 3.78. The summed E-state index contributed by atoms with van der Waals surface area (Å²) in [7, 11) is 0. The minimum absolute atomic E-state index is 0.433. The number of para-hydroxylation sites is 4. The Bertz CT molecular complexity index is 3240. The number of hydrogen-bond donors (Lipinski definition) is 0. The molecule has 0 N–H and O–H groups in total. The highest BCUT2D eigenvalue weighted by Gasteiger charge is 2.56. The van der Waals surface area contributed by atoms with E-state index < -0.39 is 10.8 Å². The van der Waals surface area contributed by atoms with E-state index >= 15 is 0 Å². The third-order valence-electron chi connectivity index (χ3n) is 13.4. The summed E-state index contributed by atoms with van der Waals surface area (Å²) in [5, 5.41) is 0. The van der Waals surface area contributed by atoms with Crippen molar-refractivity contribution in [3.05, 3.63) is 233 Å². The van der Waals surface area contributed by atoms with Crippen LogP contribution < -0.4 is 9.64 Å². The van der Waals surface area contributed by atoms with E-state index in [2.05, 4.69) is 157 Å². The highest BCUT2D eigenvalue weighted by Crippen LogP contribution is 2.67. The van der Waals surface area contributed by atoms with Gasteiger partial charge < -0.3 is 9.64 Å². The molecule has 5 heteroatoms. The Morgan fingerprint density at radius 3 is 1.64 bits per heavy atom. The summed E-state index contributed by atoms with van der Waals surface area (Å²) in [5.41, 5.74) is 19.1. The summed E-state index contributed by atoms with van der Waals surface area (Å²) in [5.74, 6) is 1.63. The van der Waals surface area contributed by atoms with Crippen LogP contribution in [0.5, 0.6) is 11.5 Å². The third-order valence-corrected chi connectivity index (χ3v) is 14.5. The van der Waals surface area contributed by atoms with Crippen molar-refractivity contribution in [1.29, 1.82) is 0 Å². The fourth-order valence-electron chi connectivity index (χ4n) is 11.3. The number of rotatable bonds is 1. The van der Waals surface area contributed by atoms with E-state index in [1.807, 2.05) is 48.4 Å². The quantitative estimate of drug-likeness (QED) is 0.166. The van der Waals surface area contributed by atoms with Gasteiger partial charge >= 0.3 is 0 Å². The molecule has 0 saturated carbocycles. The predicted octanol–water partition coefficient (Wildman–Crippen LogP) is 13.2. The summed E-state index contributed by atoms with van der Waals surface area (Å²) in [6.45, 7) is 0. The monoisotopic (exact) mass is 769 g/mol. The van der Waals surface area contributed by atoms with Crippen molar-refractivity contribution in [2.75, 3.05) is 4.90 Å². The van der Waals surface area contributed by atoms with Crippen molar-refractivity contribution < 1.29 is 4.74 Å². The minimum Gasteiger partial charge on any atom is -0.453 e. The second-order valence-corrected chi connectivity index (χ2v) is 17.1. The Morgan fingerprint density at radius 1 is 0.407 bits per heavy atom. The van der Waals surface area contributed by atoms with Crippen molar-refractivity contribution >= 4 is 28.8 Å². The summed E-state index contributed by atoms with van der Waals surface area (Å²) in [6.07, 6.45) is 3.92. The molecule has 1 atom stereocenters. The number of benzene rings is 7. The lowest BCUT2D eigenvalue weighted by Crippen LogP contribution is -2.33. The molecule has 2 spiro atoms. The van der Waals surface area contributed by atoms with Crippen LogP contribution in [0.4, 0.5) is 17.1 Å². The average molecular weight is 770 g/mol. The molecule has 2 aromatic heterocycles. The first-order chi connectivity index (χ1) is 29.3. The summed E-state index contributed by atoms with van der Waals surface area (Å²) < 4.78 is 6.46. The van der Waals surface area contributed by atoms with Crippen LogP contribution in [0, 0.1) is 0 Å². The Kier molecular flexibility index (Phi) is 6.07. The lowest BCUT2D eigenvalue weighted by atomic mass is 9.66. The van der Waals surface area contributed by atoms with Gasteiger partial charge in [0.1, 0.15) is 0 Å². The lowest BCUT2D eigenvalue weighted by Gasteiger charge is -2.40. The zero-order valence-electron chi connectivity index (χ0n) is 31.6. The van der Waals surface area contributed by atoms with Gasteiger partial charge in [-0.05, 0) is 116 Å². The molecule has 7 aromatic carbocycles. The second kappa shape index (κ2) is 11.3. The van der Waals surface area contributed by atoms with E-state index in [1.54, 1.807) is 0 Å². The van der Waals surface area contributed by atoms with Crippen LogP contribution >= 0.6 is 11.8 Å². The topological polar surface area (TPSA) is 38.2 Å². The Hall–Kier alpha value is -7.21. The van der Waals surface area contributed by atoms with Crippen LogP contribution in [0.2, 0.25) is 0 Å². The van der Waals surface area contributed by atoms with Gasteiger partial charge in [0.25, 0.3) is 0 Å². The number of pyridine rings is 2. The molecule has 2 aliphatic heterocycles. The Labute approximate surface area is 345 Å². The van der Waals surface area contributed by atoms with E-state index in [-0.39, 0.29) is 0 Å². The SMILES string of the molecule is c1ccc2c(c1)Oc1ccccc1N2c1cnc2c(c1)C1(c3ccccc3Sc3cc4c(cc31)-c1ccccc1C41c3ccccc3-c3ccccc31)c1cccnc1-2. The van der Waals surface area contributed by atoms with Gasteiger partial charge in [0.15, 0.2) is 11.5 Å². The average Bonchev–Trinajstić information content (AvgIpc) is 3.87. The van der Waals surface area contributed by atoms with Gasteiger partial charge in [-0.15, -0.1) is 0 Å². The van der Waals surface area contributed by atoms with E-state index in [0.29, 0.717) is 0 Å². The fourth-order valence-corrected chi connectivity index (χ4v) is 12.5. The maximum atomic E-state index is 6.46. The van der Waals surface area contributed by atoms with Gasteiger partial charge in [0.05, 0.1) is 45.5 Å². The van der Waals surface area contributed by atoms with Crippen LogP contribution in [0.1, 0.15) is 44.5 Å². The van der Waals surface area contributed by atoms with E-state index in [1.165, 1.54) is 65.4 Å². The first-order valence-corrected chi connectivity index (χ1v) is 21.0. The zero-order valence-corrected chi connectivity index (χ0v) is 32.4. The molecule has 14 rings (SSSR count). The fraction of sp³-hybridized carbons (Fsp3) is 0.0370. The molecule has 4 nitrogen and oxygen atoms in total. The second-order valence-electron chi connectivity index (χ2n) is 16.0. The van der Waals surface area contributed by atoms with Crippen LogP contribution in [0.15, 0.2) is 198 Å². The lowest BCUT2D eigenvalue weighted by molar-refractivity contribution is 0.477. The number of aromatic nitrogens is 2. The largest absolute Gasteiger partial charge is 0.453 e. The molecule has 59 heavy (non-hydrogen) atoms. The van der Waals surface area contributed by atoms with Gasteiger partial charge in [-0.1, -0.05) is 133 Å². The van der Waals surface area contributed by atoms with E-state index in [0.717, 1.165) is 51.1 Å². The van der Waals surface area contributed by atoms with Gasteiger partial charge in [-0.3, -0.25) is 9.97 Å². The molecule has 0 saturated heterocycles. The summed E-state index contributed by atoms with van der Waals surface area (Å²) in [4.78, 5) is 15.3. The standard InChI is InChI=1S/C54H31N3OS/c1-4-17-37-33(14-1)34-15-2-5-18-38(34)53(37)39-19-6-3-16-35(39)36-29-43-50(30-42(36)53)59-49-26-12-7-20-40(49)54(43)41-21-13-27-55-51(41)52-44(54)28-32(31-56-52)57-45-22-8-10-24-47(45)58-48-25-11-9-23-46(48)57/h1-31H. The molecule has 0 bridgehead atoms. The highest BCUT2D eigenvalue weighted by atomic mass is 32.2. The zero-order chi connectivity index (χ0) is 38.5. The van der Waals surface area contributed by atoms with Crippen LogP contribution in [-0.2, 0) is 10.8 Å². The normalized spacial score (nSPS) is 17.1. The maximum absolute atomic E-state index is 6.46. The molecular formula is C54H31N3OS. The molecule has 0 fully saturated rings. The highest BCUT2D eigenvalue weighted by molar-refractivity contribution is 7.99. The first kappa shape index (κ1) is 31.8.